The van der Waals surface area contributed by atoms with Gasteiger partial charge in [-0.3, -0.25) is 0 Å². The standard InChI is InChI=1S/C16H16BrF2NO/c1-2-14(20)16(10-4-3-5-11(18)8-10)21-15-9-12(19)6-7-13(15)17/h3-9,14,16H,2,20H2,1H3. The molecule has 0 radical (unpaired) electrons. The Bertz CT molecular complexity index is 621. The number of benzene rings is 2. The minimum absolute atomic E-state index is 0.332. The van der Waals surface area contributed by atoms with Gasteiger partial charge in [0.25, 0.3) is 0 Å². The van der Waals surface area contributed by atoms with Gasteiger partial charge in [0.05, 0.1) is 4.47 Å². The zero-order valence-corrected chi connectivity index (χ0v) is 13.1. The summed E-state index contributed by atoms with van der Waals surface area (Å²) in [4.78, 5) is 0. The van der Waals surface area contributed by atoms with Gasteiger partial charge in [-0.25, -0.2) is 8.78 Å². The van der Waals surface area contributed by atoms with E-state index in [-0.39, 0.29) is 11.9 Å². The number of rotatable bonds is 5. The quantitative estimate of drug-likeness (QED) is 0.851. The van der Waals surface area contributed by atoms with Crippen LogP contribution in [0.25, 0.3) is 0 Å². The molecule has 0 amide bonds. The van der Waals surface area contributed by atoms with Crippen LogP contribution in [0.4, 0.5) is 8.78 Å². The van der Waals surface area contributed by atoms with Crippen LogP contribution in [0.1, 0.15) is 25.0 Å². The lowest BCUT2D eigenvalue weighted by Gasteiger charge is -2.25. The summed E-state index contributed by atoms with van der Waals surface area (Å²) >= 11 is 3.31. The zero-order chi connectivity index (χ0) is 15.4. The molecule has 0 aliphatic rings. The highest BCUT2D eigenvalue weighted by Gasteiger charge is 2.22. The molecule has 0 heterocycles. The summed E-state index contributed by atoms with van der Waals surface area (Å²) in [5.74, 6) is -0.424. The summed E-state index contributed by atoms with van der Waals surface area (Å²) in [6.45, 7) is 1.92. The van der Waals surface area contributed by atoms with Crippen LogP contribution in [-0.2, 0) is 0 Å². The van der Waals surface area contributed by atoms with Gasteiger partial charge in [0.1, 0.15) is 23.5 Å². The van der Waals surface area contributed by atoms with Crippen molar-refractivity contribution >= 4 is 15.9 Å². The molecule has 0 aliphatic heterocycles. The van der Waals surface area contributed by atoms with E-state index < -0.39 is 11.9 Å². The average molecular weight is 356 g/mol. The summed E-state index contributed by atoms with van der Waals surface area (Å²) in [6, 6.07) is 9.92. The van der Waals surface area contributed by atoms with E-state index in [1.807, 2.05) is 6.92 Å². The molecule has 0 bridgehead atoms. The second kappa shape index (κ2) is 7.00. The van der Waals surface area contributed by atoms with Crippen molar-refractivity contribution in [2.24, 2.45) is 5.73 Å². The summed E-state index contributed by atoms with van der Waals surface area (Å²) in [5, 5.41) is 0. The van der Waals surface area contributed by atoms with Crippen LogP contribution in [0.2, 0.25) is 0 Å². The highest BCUT2D eigenvalue weighted by atomic mass is 79.9. The van der Waals surface area contributed by atoms with Crippen LogP contribution in [0.3, 0.4) is 0 Å². The van der Waals surface area contributed by atoms with E-state index in [1.165, 1.54) is 24.3 Å². The van der Waals surface area contributed by atoms with E-state index in [1.54, 1.807) is 18.2 Å². The number of ether oxygens (including phenoxy) is 1. The highest BCUT2D eigenvalue weighted by molar-refractivity contribution is 9.10. The molecular formula is C16H16BrF2NO. The van der Waals surface area contributed by atoms with Gasteiger partial charge in [-0.15, -0.1) is 0 Å². The fourth-order valence-corrected chi connectivity index (χ4v) is 2.34. The third-order valence-electron chi connectivity index (χ3n) is 3.18. The van der Waals surface area contributed by atoms with E-state index >= 15 is 0 Å². The van der Waals surface area contributed by atoms with E-state index in [2.05, 4.69) is 15.9 Å². The van der Waals surface area contributed by atoms with E-state index in [9.17, 15) is 8.78 Å². The second-order valence-electron chi connectivity index (χ2n) is 4.74. The highest BCUT2D eigenvalue weighted by Crippen LogP contribution is 2.32. The Morgan fingerprint density at radius 2 is 1.86 bits per heavy atom. The molecule has 2 nitrogen and oxygen atoms in total. The maximum absolute atomic E-state index is 13.4. The molecule has 0 fully saturated rings. The average Bonchev–Trinajstić information content (AvgIpc) is 2.47. The van der Waals surface area contributed by atoms with Crippen molar-refractivity contribution in [2.45, 2.75) is 25.5 Å². The van der Waals surface area contributed by atoms with E-state index in [0.29, 0.717) is 22.2 Å². The summed E-state index contributed by atoms with van der Waals surface area (Å²) in [6.07, 6.45) is 0.0949. The predicted molar refractivity (Wildman–Crippen MR) is 82.1 cm³/mol. The molecule has 0 saturated heterocycles. The molecule has 0 spiro atoms. The Morgan fingerprint density at radius 3 is 2.52 bits per heavy atom. The molecule has 112 valence electrons. The first-order chi connectivity index (χ1) is 10.0. The van der Waals surface area contributed by atoms with Gasteiger partial charge in [-0.05, 0) is 52.2 Å². The van der Waals surface area contributed by atoms with E-state index in [4.69, 9.17) is 10.5 Å². The van der Waals surface area contributed by atoms with E-state index in [0.717, 1.165) is 0 Å². The molecule has 0 saturated carbocycles. The van der Waals surface area contributed by atoms with Gasteiger partial charge in [-0.1, -0.05) is 19.1 Å². The second-order valence-corrected chi connectivity index (χ2v) is 5.59. The number of halogens is 3. The maximum atomic E-state index is 13.4. The first-order valence-corrected chi connectivity index (χ1v) is 7.43. The summed E-state index contributed by atoms with van der Waals surface area (Å²) in [5.41, 5.74) is 6.70. The molecule has 2 unspecified atom stereocenters. The SMILES string of the molecule is CCC(N)C(Oc1cc(F)ccc1Br)c1cccc(F)c1. The van der Waals surface area contributed by atoms with Gasteiger partial charge in [0.2, 0.25) is 0 Å². The fraction of sp³-hybridized carbons (Fsp3) is 0.250. The predicted octanol–water partition coefficient (Wildman–Crippen LogP) is 4.58. The molecular weight excluding hydrogens is 340 g/mol. The lowest BCUT2D eigenvalue weighted by molar-refractivity contribution is 0.169. The summed E-state index contributed by atoms with van der Waals surface area (Å²) < 4.78 is 33.2. The third-order valence-corrected chi connectivity index (χ3v) is 3.84. The van der Waals surface area contributed by atoms with Gasteiger partial charge in [0, 0.05) is 12.1 Å². The molecule has 0 aliphatic carbocycles. The van der Waals surface area contributed by atoms with Crippen molar-refractivity contribution in [1.29, 1.82) is 0 Å². The van der Waals surface area contributed by atoms with Crippen LogP contribution in [0.5, 0.6) is 5.75 Å². The monoisotopic (exact) mass is 355 g/mol. The molecule has 2 aromatic rings. The Kier molecular flexibility index (Phi) is 5.31. The van der Waals surface area contributed by atoms with Gasteiger partial charge in [0.15, 0.2) is 0 Å². The topological polar surface area (TPSA) is 35.2 Å². The number of nitrogens with two attached hydrogens (primary N) is 1. The van der Waals surface area contributed by atoms with Crippen LogP contribution in [-0.4, -0.2) is 6.04 Å². The zero-order valence-electron chi connectivity index (χ0n) is 11.5. The van der Waals surface area contributed by atoms with Gasteiger partial charge in [-0.2, -0.15) is 0 Å². The first kappa shape index (κ1) is 15.9. The Morgan fingerprint density at radius 1 is 1.14 bits per heavy atom. The molecule has 2 aromatic carbocycles. The van der Waals surface area contributed by atoms with Gasteiger partial charge >= 0.3 is 0 Å². The maximum Gasteiger partial charge on any atom is 0.139 e. The summed E-state index contributed by atoms with van der Waals surface area (Å²) in [7, 11) is 0. The minimum Gasteiger partial charge on any atom is -0.483 e. The lowest BCUT2D eigenvalue weighted by atomic mass is 10.0. The number of hydrogen-bond donors (Lipinski definition) is 1. The third kappa shape index (κ3) is 4.02. The number of hydrogen-bond acceptors (Lipinski definition) is 2. The Hall–Kier alpha value is -1.46. The Labute approximate surface area is 131 Å². The molecule has 2 atom stereocenters. The smallest absolute Gasteiger partial charge is 0.139 e. The van der Waals surface area contributed by atoms with Crippen molar-refractivity contribution < 1.29 is 13.5 Å². The fourth-order valence-electron chi connectivity index (χ4n) is 2.00. The van der Waals surface area contributed by atoms with Crippen LogP contribution in [0.15, 0.2) is 46.9 Å². The molecule has 5 heteroatoms. The first-order valence-electron chi connectivity index (χ1n) is 6.64. The normalized spacial score (nSPS) is 13.8. The van der Waals surface area contributed by atoms with Crippen molar-refractivity contribution in [3.8, 4) is 5.75 Å². The van der Waals surface area contributed by atoms with Gasteiger partial charge < -0.3 is 10.5 Å². The van der Waals surface area contributed by atoms with Crippen molar-refractivity contribution in [2.75, 3.05) is 0 Å². The molecule has 0 aromatic heterocycles. The largest absolute Gasteiger partial charge is 0.483 e. The van der Waals surface area contributed by atoms with Crippen LogP contribution in [0, 0.1) is 11.6 Å². The Balaban J connectivity index is 2.35. The van der Waals surface area contributed by atoms with Crippen molar-refractivity contribution in [3.05, 3.63) is 64.1 Å². The van der Waals surface area contributed by atoms with Crippen LogP contribution >= 0.6 is 15.9 Å². The molecule has 21 heavy (non-hydrogen) atoms. The minimum atomic E-state index is -0.552. The van der Waals surface area contributed by atoms with Crippen molar-refractivity contribution in [3.63, 3.8) is 0 Å². The molecule has 2 N–H and O–H groups in total. The van der Waals surface area contributed by atoms with Crippen molar-refractivity contribution in [1.82, 2.24) is 0 Å². The van der Waals surface area contributed by atoms with Crippen LogP contribution < -0.4 is 10.5 Å². The molecule has 2 rings (SSSR count). The lowest BCUT2D eigenvalue weighted by Crippen LogP contribution is -2.31.